The van der Waals surface area contributed by atoms with Gasteiger partial charge in [-0.05, 0) is 42.0 Å². The molecule has 1 N–H and O–H groups in total. The van der Waals surface area contributed by atoms with Crippen LogP contribution >= 0.6 is 11.6 Å². The van der Waals surface area contributed by atoms with Gasteiger partial charge in [0.25, 0.3) is 5.91 Å². The average Bonchev–Trinajstić information content (AvgIpc) is 2.68. The highest BCUT2D eigenvalue weighted by atomic mass is 35.5. The fourth-order valence-corrected chi connectivity index (χ4v) is 2.85. The van der Waals surface area contributed by atoms with Crippen LogP contribution in [-0.2, 0) is 11.3 Å². The maximum Gasteiger partial charge on any atom is 0.251 e. The molecule has 0 bridgehead atoms. The summed E-state index contributed by atoms with van der Waals surface area (Å²) >= 11 is 5.81. The molecule has 0 saturated heterocycles. The fourth-order valence-electron chi connectivity index (χ4n) is 2.73. The SMILES string of the molecule is CN(Cc1ccc2c(c1)OCCO2)C(=O)CCNC(=O)c1ccc(Cl)cc1. The average molecular weight is 389 g/mol. The molecule has 0 saturated carbocycles. The van der Waals surface area contributed by atoms with Gasteiger partial charge in [0, 0.05) is 37.1 Å². The van der Waals surface area contributed by atoms with Gasteiger partial charge in [-0.25, -0.2) is 0 Å². The Kier molecular flexibility index (Phi) is 6.19. The van der Waals surface area contributed by atoms with E-state index in [9.17, 15) is 9.59 Å². The molecule has 1 aliphatic rings. The van der Waals surface area contributed by atoms with E-state index < -0.39 is 0 Å². The number of amides is 2. The van der Waals surface area contributed by atoms with E-state index in [1.54, 1.807) is 36.2 Å². The lowest BCUT2D eigenvalue weighted by Gasteiger charge is -2.21. The number of hydrogen-bond donors (Lipinski definition) is 1. The summed E-state index contributed by atoms with van der Waals surface area (Å²) in [5, 5.41) is 3.31. The first kappa shape index (κ1) is 19.0. The summed E-state index contributed by atoms with van der Waals surface area (Å²) in [6.45, 7) is 1.80. The molecule has 0 radical (unpaired) electrons. The third kappa shape index (κ3) is 5.14. The van der Waals surface area contributed by atoms with E-state index in [4.69, 9.17) is 21.1 Å². The Hall–Kier alpha value is -2.73. The van der Waals surface area contributed by atoms with E-state index in [0.29, 0.717) is 36.1 Å². The number of hydrogen-bond acceptors (Lipinski definition) is 4. The summed E-state index contributed by atoms with van der Waals surface area (Å²) in [5.74, 6) is 1.15. The molecule has 0 fully saturated rings. The molecule has 2 aromatic rings. The van der Waals surface area contributed by atoms with Crippen LogP contribution in [0, 0.1) is 0 Å². The summed E-state index contributed by atoms with van der Waals surface area (Å²) in [7, 11) is 1.74. The minimum atomic E-state index is -0.228. The minimum absolute atomic E-state index is 0.0544. The largest absolute Gasteiger partial charge is 0.486 e. The molecule has 3 rings (SSSR count). The molecule has 2 amide bonds. The number of carbonyl (C=O) groups excluding carboxylic acids is 2. The van der Waals surface area contributed by atoms with Gasteiger partial charge < -0.3 is 19.7 Å². The summed E-state index contributed by atoms with van der Waals surface area (Å²) in [5.41, 5.74) is 1.47. The van der Waals surface area contributed by atoms with Crippen molar-refractivity contribution in [2.24, 2.45) is 0 Å². The van der Waals surface area contributed by atoms with Crippen molar-refractivity contribution in [3.63, 3.8) is 0 Å². The van der Waals surface area contributed by atoms with Crippen molar-refractivity contribution in [1.29, 1.82) is 0 Å². The number of rotatable bonds is 6. The summed E-state index contributed by atoms with van der Waals surface area (Å²) < 4.78 is 11.1. The van der Waals surface area contributed by atoms with Crippen LogP contribution in [0.25, 0.3) is 0 Å². The zero-order chi connectivity index (χ0) is 19.2. The molecule has 1 aliphatic heterocycles. The van der Waals surface area contributed by atoms with E-state index in [0.717, 1.165) is 11.3 Å². The molecule has 0 atom stereocenters. The molecular weight excluding hydrogens is 368 g/mol. The van der Waals surface area contributed by atoms with Gasteiger partial charge in [-0.15, -0.1) is 0 Å². The molecule has 1 heterocycles. The molecule has 0 spiro atoms. The molecular formula is C20H21ClN2O4. The normalized spacial score (nSPS) is 12.4. The van der Waals surface area contributed by atoms with E-state index in [2.05, 4.69) is 5.32 Å². The lowest BCUT2D eigenvalue weighted by molar-refractivity contribution is -0.130. The van der Waals surface area contributed by atoms with Gasteiger partial charge >= 0.3 is 0 Å². The first-order chi connectivity index (χ1) is 13.0. The molecule has 0 aliphatic carbocycles. The minimum Gasteiger partial charge on any atom is -0.486 e. The Balaban J connectivity index is 1.46. The lowest BCUT2D eigenvalue weighted by Crippen LogP contribution is -2.31. The van der Waals surface area contributed by atoms with Gasteiger partial charge in [-0.2, -0.15) is 0 Å². The standard InChI is InChI=1S/C20H21ClN2O4/c1-23(13-14-2-7-17-18(12-14)27-11-10-26-17)19(24)8-9-22-20(25)15-3-5-16(21)6-4-15/h2-7,12H,8-11,13H2,1H3,(H,22,25). The second kappa shape index (κ2) is 8.77. The quantitative estimate of drug-likeness (QED) is 0.826. The predicted molar refractivity (Wildman–Crippen MR) is 102 cm³/mol. The third-order valence-electron chi connectivity index (χ3n) is 4.18. The molecule has 142 valence electrons. The van der Waals surface area contributed by atoms with Crippen molar-refractivity contribution >= 4 is 23.4 Å². The van der Waals surface area contributed by atoms with Gasteiger partial charge in [-0.1, -0.05) is 17.7 Å². The molecule has 6 nitrogen and oxygen atoms in total. The highest BCUT2D eigenvalue weighted by Gasteiger charge is 2.15. The van der Waals surface area contributed by atoms with Crippen LogP contribution in [0.15, 0.2) is 42.5 Å². The smallest absolute Gasteiger partial charge is 0.251 e. The van der Waals surface area contributed by atoms with E-state index in [1.807, 2.05) is 18.2 Å². The number of nitrogens with zero attached hydrogens (tertiary/aromatic N) is 1. The summed E-state index contributed by atoms with van der Waals surface area (Å²) in [6, 6.07) is 12.3. The topological polar surface area (TPSA) is 67.9 Å². The van der Waals surface area contributed by atoms with Crippen LogP contribution in [0.1, 0.15) is 22.3 Å². The highest BCUT2D eigenvalue weighted by molar-refractivity contribution is 6.30. The van der Waals surface area contributed by atoms with Crippen LogP contribution < -0.4 is 14.8 Å². The van der Waals surface area contributed by atoms with Gasteiger partial charge in [0.15, 0.2) is 11.5 Å². The monoisotopic (exact) mass is 388 g/mol. The van der Waals surface area contributed by atoms with Crippen LogP contribution in [0.5, 0.6) is 11.5 Å². The number of benzene rings is 2. The van der Waals surface area contributed by atoms with Crippen molar-refractivity contribution in [3.05, 3.63) is 58.6 Å². The van der Waals surface area contributed by atoms with Crippen LogP contribution in [-0.4, -0.2) is 43.5 Å². The number of halogens is 1. The number of fused-ring (bicyclic) bond motifs is 1. The molecule has 27 heavy (non-hydrogen) atoms. The Morgan fingerprint density at radius 2 is 1.78 bits per heavy atom. The van der Waals surface area contributed by atoms with Crippen molar-refractivity contribution in [1.82, 2.24) is 10.2 Å². The maximum absolute atomic E-state index is 12.3. The van der Waals surface area contributed by atoms with E-state index in [1.165, 1.54) is 0 Å². The van der Waals surface area contributed by atoms with E-state index >= 15 is 0 Å². The molecule has 2 aromatic carbocycles. The zero-order valence-electron chi connectivity index (χ0n) is 15.0. The summed E-state index contributed by atoms with van der Waals surface area (Å²) in [4.78, 5) is 26.0. The van der Waals surface area contributed by atoms with Crippen molar-refractivity contribution < 1.29 is 19.1 Å². The van der Waals surface area contributed by atoms with Gasteiger partial charge in [-0.3, -0.25) is 9.59 Å². The summed E-state index contributed by atoms with van der Waals surface area (Å²) in [6.07, 6.45) is 0.223. The third-order valence-corrected chi connectivity index (χ3v) is 4.43. The van der Waals surface area contributed by atoms with Crippen molar-refractivity contribution in [2.45, 2.75) is 13.0 Å². The molecule has 0 unspecified atom stereocenters. The van der Waals surface area contributed by atoms with Crippen LogP contribution in [0.3, 0.4) is 0 Å². The van der Waals surface area contributed by atoms with Gasteiger partial charge in [0.05, 0.1) is 0 Å². The van der Waals surface area contributed by atoms with Crippen molar-refractivity contribution in [2.75, 3.05) is 26.8 Å². The van der Waals surface area contributed by atoms with E-state index in [-0.39, 0.29) is 24.8 Å². The van der Waals surface area contributed by atoms with Crippen LogP contribution in [0.2, 0.25) is 5.02 Å². The van der Waals surface area contributed by atoms with Gasteiger partial charge in [0.2, 0.25) is 5.91 Å². The first-order valence-corrected chi connectivity index (χ1v) is 9.07. The number of ether oxygens (including phenoxy) is 2. The first-order valence-electron chi connectivity index (χ1n) is 8.69. The number of nitrogens with one attached hydrogen (secondary N) is 1. The second-order valence-electron chi connectivity index (χ2n) is 6.24. The Labute approximate surface area is 163 Å². The zero-order valence-corrected chi connectivity index (χ0v) is 15.8. The van der Waals surface area contributed by atoms with Gasteiger partial charge in [0.1, 0.15) is 13.2 Å². The molecule has 7 heteroatoms. The number of carbonyl (C=O) groups is 2. The Morgan fingerprint density at radius 3 is 2.52 bits per heavy atom. The lowest BCUT2D eigenvalue weighted by atomic mass is 10.1. The Bertz CT molecular complexity index is 823. The Morgan fingerprint density at radius 1 is 1.07 bits per heavy atom. The maximum atomic E-state index is 12.3. The predicted octanol–water partition coefficient (Wildman–Crippen LogP) is 2.89. The molecule has 0 aromatic heterocycles. The second-order valence-corrected chi connectivity index (χ2v) is 6.68. The van der Waals surface area contributed by atoms with Crippen molar-refractivity contribution in [3.8, 4) is 11.5 Å². The van der Waals surface area contributed by atoms with Crippen LogP contribution in [0.4, 0.5) is 0 Å². The highest BCUT2D eigenvalue weighted by Crippen LogP contribution is 2.31. The fraction of sp³-hybridized carbons (Fsp3) is 0.300.